The third kappa shape index (κ3) is 6.48. The van der Waals surface area contributed by atoms with Gasteiger partial charge in [0.2, 0.25) is 5.88 Å². The standard InChI is InChI=1S/C37H40F4N2O5/c1-7-46-33(44)32-24-12-21-15-30(42-17-25(21)31(24)32)47-18-22-13-23-27(16-28(22)38)36(5,6)19-43(34(45)48-35(2,3)4)29(23)14-20-10-8-9-11-26(20)37(39,40)41/h8-11,13,15-17,24,29,31-32H,7,12,14,18-19H2,1-6H3/t24-,29?,31-,32+/m1/s1. The number of ether oxygens (including phenoxy) is 3. The van der Waals surface area contributed by atoms with Crippen LogP contribution in [0.3, 0.4) is 0 Å². The first kappa shape index (κ1) is 33.7. The van der Waals surface area contributed by atoms with Crippen molar-refractivity contribution in [1.82, 2.24) is 9.88 Å². The van der Waals surface area contributed by atoms with E-state index in [2.05, 4.69) is 4.98 Å². The Bertz CT molecular complexity index is 1750. The highest BCUT2D eigenvalue weighted by Crippen LogP contribution is 2.62. The molecule has 0 spiro atoms. The van der Waals surface area contributed by atoms with Crippen molar-refractivity contribution in [2.45, 2.75) is 90.1 Å². The van der Waals surface area contributed by atoms with Gasteiger partial charge < -0.3 is 14.2 Å². The van der Waals surface area contributed by atoms with Gasteiger partial charge in [0, 0.05) is 35.7 Å². The lowest BCUT2D eigenvalue weighted by Gasteiger charge is -2.45. The summed E-state index contributed by atoms with van der Waals surface area (Å²) in [6.45, 7) is 10.9. The van der Waals surface area contributed by atoms with Crippen LogP contribution >= 0.6 is 0 Å². The second-order valence-corrected chi connectivity index (χ2v) is 14.6. The molecular weight excluding hydrogens is 628 g/mol. The quantitative estimate of drug-likeness (QED) is 0.187. The number of alkyl halides is 3. The van der Waals surface area contributed by atoms with Gasteiger partial charge in [0.05, 0.1) is 24.1 Å². The van der Waals surface area contributed by atoms with Crippen LogP contribution in [0.15, 0.2) is 48.7 Å². The minimum atomic E-state index is -4.60. The number of amides is 1. The van der Waals surface area contributed by atoms with E-state index in [1.54, 1.807) is 40.0 Å². The minimum absolute atomic E-state index is 0.0157. The predicted molar refractivity (Wildman–Crippen MR) is 169 cm³/mol. The largest absolute Gasteiger partial charge is 0.473 e. The molecule has 1 aliphatic heterocycles. The summed E-state index contributed by atoms with van der Waals surface area (Å²) in [7, 11) is 0. The number of fused-ring (bicyclic) bond motifs is 4. The molecule has 2 heterocycles. The Morgan fingerprint density at radius 1 is 1.04 bits per heavy atom. The van der Waals surface area contributed by atoms with Crippen LogP contribution in [0.1, 0.15) is 92.4 Å². The number of hydrogen-bond acceptors (Lipinski definition) is 6. The van der Waals surface area contributed by atoms with Crippen LogP contribution in [0.25, 0.3) is 0 Å². The minimum Gasteiger partial charge on any atom is -0.473 e. The molecule has 1 fully saturated rings. The van der Waals surface area contributed by atoms with Crippen molar-refractivity contribution >= 4 is 12.1 Å². The van der Waals surface area contributed by atoms with Crippen molar-refractivity contribution in [1.29, 1.82) is 0 Å². The molecule has 1 aromatic heterocycles. The van der Waals surface area contributed by atoms with Gasteiger partial charge in [-0.1, -0.05) is 32.0 Å². The SMILES string of the molecule is CCOC(=O)[C@H]1[C@@H]2Cc3cc(OCc4cc5c(cc4F)C(C)(C)CN(C(=O)OC(C)(C)C)C5Cc4ccccc4C(F)(F)F)ncc3[C@@H]21. The zero-order chi connectivity index (χ0) is 34.8. The van der Waals surface area contributed by atoms with E-state index in [-0.39, 0.29) is 54.4 Å². The Hall–Kier alpha value is -4.15. The lowest BCUT2D eigenvalue weighted by Crippen LogP contribution is -2.50. The van der Waals surface area contributed by atoms with Crippen LogP contribution in [0, 0.1) is 17.7 Å². The molecule has 1 unspecified atom stereocenters. The predicted octanol–water partition coefficient (Wildman–Crippen LogP) is 8.08. The second kappa shape index (κ2) is 12.1. The van der Waals surface area contributed by atoms with Gasteiger partial charge in [-0.3, -0.25) is 9.69 Å². The maximum Gasteiger partial charge on any atom is 0.416 e. The van der Waals surface area contributed by atoms with Crippen LogP contribution in [0.2, 0.25) is 0 Å². The van der Waals surface area contributed by atoms with Crippen LogP contribution in [-0.4, -0.2) is 40.7 Å². The summed E-state index contributed by atoms with van der Waals surface area (Å²) in [5, 5.41) is 0. The molecule has 3 aromatic rings. The zero-order valence-electron chi connectivity index (χ0n) is 27.9. The number of halogens is 4. The molecule has 1 amide bonds. The van der Waals surface area contributed by atoms with Gasteiger partial charge in [0.1, 0.15) is 18.0 Å². The van der Waals surface area contributed by atoms with E-state index in [1.165, 1.54) is 29.2 Å². The fraction of sp³-hybridized carbons (Fsp3) is 0.486. The van der Waals surface area contributed by atoms with Crippen molar-refractivity contribution in [2.75, 3.05) is 13.2 Å². The molecule has 2 aliphatic carbocycles. The van der Waals surface area contributed by atoms with Gasteiger partial charge in [-0.2, -0.15) is 13.2 Å². The van der Waals surface area contributed by atoms with Gasteiger partial charge in [-0.15, -0.1) is 0 Å². The normalized spacial score (nSPS) is 22.3. The molecule has 256 valence electrons. The van der Waals surface area contributed by atoms with E-state index < -0.39 is 40.7 Å². The summed E-state index contributed by atoms with van der Waals surface area (Å²) in [5.74, 6) is -0.279. The van der Waals surface area contributed by atoms with Crippen LogP contribution < -0.4 is 4.74 Å². The average molecular weight is 669 g/mol. The molecular formula is C37H40F4N2O5. The molecule has 0 radical (unpaired) electrons. The zero-order valence-corrected chi connectivity index (χ0v) is 27.9. The van der Waals surface area contributed by atoms with Crippen molar-refractivity contribution in [3.05, 3.63) is 93.4 Å². The summed E-state index contributed by atoms with van der Waals surface area (Å²) in [5.41, 5.74) is 0.970. The summed E-state index contributed by atoms with van der Waals surface area (Å²) >= 11 is 0. The fourth-order valence-corrected chi connectivity index (χ4v) is 7.37. The smallest absolute Gasteiger partial charge is 0.416 e. The van der Waals surface area contributed by atoms with E-state index in [1.807, 2.05) is 19.9 Å². The van der Waals surface area contributed by atoms with E-state index in [0.717, 1.165) is 17.2 Å². The lowest BCUT2D eigenvalue weighted by molar-refractivity contribution is -0.145. The maximum atomic E-state index is 15.7. The first-order valence-electron chi connectivity index (χ1n) is 16.2. The summed E-state index contributed by atoms with van der Waals surface area (Å²) < 4.78 is 74.8. The van der Waals surface area contributed by atoms with Crippen molar-refractivity contribution < 1.29 is 41.4 Å². The monoisotopic (exact) mass is 668 g/mol. The molecule has 48 heavy (non-hydrogen) atoms. The van der Waals surface area contributed by atoms with Crippen molar-refractivity contribution in [2.24, 2.45) is 11.8 Å². The number of rotatable bonds is 7. The first-order chi connectivity index (χ1) is 22.5. The van der Waals surface area contributed by atoms with E-state index in [9.17, 15) is 22.8 Å². The molecule has 4 atom stereocenters. The topological polar surface area (TPSA) is 78.0 Å². The number of carbonyl (C=O) groups excluding carboxylic acids is 2. The molecule has 11 heteroatoms. The van der Waals surface area contributed by atoms with Gasteiger partial charge in [0.15, 0.2) is 0 Å². The molecule has 2 aromatic carbocycles. The lowest BCUT2D eigenvalue weighted by atomic mass is 9.74. The van der Waals surface area contributed by atoms with E-state index in [4.69, 9.17) is 14.2 Å². The molecule has 6 rings (SSSR count). The number of pyridine rings is 1. The van der Waals surface area contributed by atoms with Gasteiger partial charge in [0.25, 0.3) is 0 Å². The highest BCUT2D eigenvalue weighted by atomic mass is 19.4. The Balaban J connectivity index is 1.31. The third-order valence-corrected chi connectivity index (χ3v) is 9.53. The number of aromatic nitrogens is 1. The maximum absolute atomic E-state index is 15.7. The molecule has 7 nitrogen and oxygen atoms in total. The fourth-order valence-electron chi connectivity index (χ4n) is 7.37. The number of benzene rings is 2. The van der Waals surface area contributed by atoms with Gasteiger partial charge in [-0.05, 0) is 92.5 Å². The number of esters is 1. The highest BCUT2D eigenvalue weighted by Gasteiger charge is 2.60. The second-order valence-electron chi connectivity index (χ2n) is 14.6. The highest BCUT2D eigenvalue weighted by molar-refractivity contribution is 5.79. The molecule has 3 aliphatic rings. The molecule has 0 saturated heterocycles. The van der Waals surface area contributed by atoms with Crippen LogP contribution in [-0.2, 0) is 45.3 Å². The van der Waals surface area contributed by atoms with Gasteiger partial charge >= 0.3 is 18.2 Å². The Morgan fingerprint density at radius 2 is 1.77 bits per heavy atom. The van der Waals surface area contributed by atoms with Crippen molar-refractivity contribution in [3.63, 3.8) is 0 Å². The summed E-state index contributed by atoms with van der Waals surface area (Å²) in [6.07, 6.45) is -3.02. The van der Waals surface area contributed by atoms with E-state index in [0.29, 0.717) is 30.0 Å². The van der Waals surface area contributed by atoms with Crippen LogP contribution in [0.5, 0.6) is 5.88 Å². The van der Waals surface area contributed by atoms with Crippen molar-refractivity contribution in [3.8, 4) is 5.88 Å². The number of hydrogen-bond donors (Lipinski definition) is 0. The number of carbonyl (C=O) groups is 2. The Morgan fingerprint density at radius 3 is 2.46 bits per heavy atom. The van der Waals surface area contributed by atoms with Gasteiger partial charge in [-0.25, -0.2) is 14.2 Å². The summed E-state index contributed by atoms with van der Waals surface area (Å²) in [4.78, 5) is 31.7. The first-order valence-corrected chi connectivity index (χ1v) is 16.2. The average Bonchev–Trinajstić information content (AvgIpc) is 3.58. The Labute approximate surface area is 277 Å². The number of nitrogens with zero attached hydrogens (tertiary/aromatic N) is 2. The van der Waals surface area contributed by atoms with E-state index >= 15 is 4.39 Å². The Kier molecular flexibility index (Phi) is 8.48. The molecule has 0 bridgehead atoms. The van der Waals surface area contributed by atoms with Crippen LogP contribution in [0.4, 0.5) is 22.4 Å². The molecule has 1 saturated carbocycles. The molecule has 0 N–H and O–H groups in total. The third-order valence-electron chi connectivity index (χ3n) is 9.53. The summed E-state index contributed by atoms with van der Waals surface area (Å²) in [6, 6.07) is 9.22.